The van der Waals surface area contributed by atoms with Crippen molar-refractivity contribution in [2.45, 2.75) is 13.8 Å². The Balaban J connectivity index is 2.40. The molecule has 2 aromatic rings. The number of pyridine rings is 1. The highest BCUT2D eigenvalue weighted by atomic mass is 16.5. The Kier molecular flexibility index (Phi) is 3.37. The number of rotatable bonds is 3. The molecule has 4 N–H and O–H groups in total. The van der Waals surface area contributed by atoms with Gasteiger partial charge < -0.3 is 16.2 Å². The first-order valence-corrected chi connectivity index (χ1v) is 5.78. The van der Waals surface area contributed by atoms with Crippen molar-refractivity contribution in [2.24, 2.45) is 5.73 Å². The van der Waals surface area contributed by atoms with Gasteiger partial charge in [-0.25, -0.2) is 4.98 Å². The summed E-state index contributed by atoms with van der Waals surface area (Å²) in [5, 5.41) is 0. The second-order valence-electron chi connectivity index (χ2n) is 4.36. The molecule has 0 fully saturated rings. The van der Waals surface area contributed by atoms with Gasteiger partial charge in [-0.05, 0) is 31.5 Å². The maximum Gasteiger partial charge on any atom is 0.254 e. The molecule has 0 aliphatic heterocycles. The molecular weight excluding hydrogens is 242 g/mol. The molecule has 5 nitrogen and oxygen atoms in total. The minimum atomic E-state index is -0.625. The Morgan fingerprint density at radius 3 is 2.63 bits per heavy atom. The van der Waals surface area contributed by atoms with Crippen LogP contribution in [0.2, 0.25) is 0 Å². The summed E-state index contributed by atoms with van der Waals surface area (Å²) in [6.45, 7) is 3.91. The Labute approximate surface area is 111 Å². The van der Waals surface area contributed by atoms with E-state index in [0.717, 1.165) is 11.1 Å². The molecular formula is C14H15N3O2. The molecule has 0 radical (unpaired) electrons. The molecule has 2 rings (SSSR count). The standard InChI is InChI=1S/C14H15N3O2/c1-8-3-4-12(9(2)5-8)19-14-11(13(16)18)6-10(15)7-17-14/h3-7H,15H2,1-2H3,(H2,16,18). The van der Waals surface area contributed by atoms with Crippen LogP contribution in [0.3, 0.4) is 0 Å². The number of carbonyl (C=O) groups excluding carboxylic acids is 1. The summed E-state index contributed by atoms with van der Waals surface area (Å²) in [6, 6.07) is 7.18. The lowest BCUT2D eigenvalue weighted by Gasteiger charge is -2.11. The molecule has 98 valence electrons. The van der Waals surface area contributed by atoms with Gasteiger partial charge in [0.2, 0.25) is 5.88 Å². The summed E-state index contributed by atoms with van der Waals surface area (Å²) in [6.07, 6.45) is 1.42. The highest BCUT2D eigenvalue weighted by Crippen LogP contribution is 2.27. The quantitative estimate of drug-likeness (QED) is 0.881. The van der Waals surface area contributed by atoms with E-state index < -0.39 is 5.91 Å². The minimum Gasteiger partial charge on any atom is -0.438 e. The lowest BCUT2D eigenvalue weighted by Crippen LogP contribution is -2.13. The molecule has 1 aromatic heterocycles. The van der Waals surface area contributed by atoms with Crippen LogP contribution in [0, 0.1) is 13.8 Å². The first-order chi connectivity index (χ1) is 8.97. The Hall–Kier alpha value is -2.56. The summed E-state index contributed by atoms with van der Waals surface area (Å²) < 4.78 is 5.64. The lowest BCUT2D eigenvalue weighted by molar-refractivity contribution is 0.0997. The Bertz CT molecular complexity index is 639. The first kappa shape index (κ1) is 12.9. The number of hydrogen-bond acceptors (Lipinski definition) is 4. The van der Waals surface area contributed by atoms with Gasteiger partial charge in [0.05, 0.1) is 11.9 Å². The average Bonchev–Trinajstić information content (AvgIpc) is 2.34. The van der Waals surface area contributed by atoms with Gasteiger partial charge in [-0.15, -0.1) is 0 Å². The molecule has 1 aromatic carbocycles. The number of anilines is 1. The topological polar surface area (TPSA) is 91.2 Å². The van der Waals surface area contributed by atoms with Gasteiger partial charge in [0.25, 0.3) is 5.91 Å². The number of aromatic nitrogens is 1. The van der Waals surface area contributed by atoms with Crippen LogP contribution in [-0.2, 0) is 0 Å². The normalized spacial score (nSPS) is 10.2. The third-order valence-corrected chi connectivity index (χ3v) is 2.67. The van der Waals surface area contributed by atoms with Crippen LogP contribution in [0.15, 0.2) is 30.5 Å². The highest BCUT2D eigenvalue weighted by molar-refractivity contribution is 5.95. The molecule has 0 saturated carbocycles. The number of benzene rings is 1. The summed E-state index contributed by atoms with van der Waals surface area (Å²) in [4.78, 5) is 15.4. The highest BCUT2D eigenvalue weighted by Gasteiger charge is 2.13. The number of nitrogen functional groups attached to an aromatic ring is 1. The number of nitrogens with zero attached hydrogens (tertiary/aromatic N) is 1. The zero-order chi connectivity index (χ0) is 14.0. The van der Waals surface area contributed by atoms with Crippen LogP contribution >= 0.6 is 0 Å². The predicted molar refractivity (Wildman–Crippen MR) is 73.2 cm³/mol. The molecule has 0 saturated heterocycles. The van der Waals surface area contributed by atoms with Crippen LogP contribution in [-0.4, -0.2) is 10.9 Å². The monoisotopic (exact) mass is 257 g/mol. The molecule has 0 atom stereocenters. The number of ether oxygens (including phenoxy) is 1. The van der Waals surface area contributed by atoms with Crippen molar-refractivity contribution >= 4 is 11.6 Å². The van der Waals surface area contributed by atoms with Gasteiger partial charge in [0.15, 0.2) is 0 Å². The second kappa shape index (κ2) is 4.97. The number of amides is 1. The maximum atomic E-state index is 11.3. The number of nitrogens with two attached hydrogens (primary N) is 2. The second-order valence-corrected chi connectivity index (χ2v) is 4.36. The summed E-state index contributed by atoms with van der Waals surface area (Å²) in [5.41, 5.74) is 13.5. The Morgan fingerprint density at radius 2 is 2.00 bits per heavy atom. The van der Waals surface area contributed by atoms with Gasteiger partial charge >= 0.3 is 0 Å². The Morgan fingerprint density at radius 1 is 1.26 bits per heavy atom. The average molecular weight is 257 g/mol. The fourth-order valence-corrected chi connectivity index (χ4v) is 1.74. The van der Waals surface area contributed by atoms with Gasteiger partial charge in [0, 0.05) is 0 Å². The van der Waals surface area contributed by atoms with Crippen molar-refractivity contribution in [1.82, 2.24) is 4.98 Å². The summed E-state index contributed by atoms with van der Waals surface area (Å²) >= 11 is 0. The predicted octanol–water partition coefficient (Wildman–Crippen LogP) is 2.17. The van der Waals surface area contributed by atoms with E-state index >= 15 is 0 Å². The number of hydrogen-bond donors (Lipinski definition) is 2. The molecule has 0 bridgehead atoms. The third kappa shape index (κ3) is 2.82. The van der Waals surface area contributed by atoms with Crippen LogP contribution in [0.4, 0.5) is 5.69 Å². The fourth-order valence-electron chi connectivity index (χ4n) is 1.74. The first-order valence-electron chi connectivity index (χ1n) is 5.78. The molecule has 19 heavy (non-hydrogen) atoms. The number of aryl methyl sites for hydroxylation is 2. The van der Waals surface area contributed by atoms with E-state index in [-0.39, 0.29) is 11.4 Å². The molecule has 0 aliphatic carbocycles. The molecule has 0 unspecified atom stereocenters. The molecule has 0 spiro atoms. The fraction of sp³-hybridized carbons (Fsp3) is 0.143. The number of primary amides is 1. The van der Waals surface area contributed by atoms with E-state index in [4.69, 9.17) is 16.2 Å². The largest absolute Gasteiger partial charge is 0.438 e. The molecule has 1 heterocycles. The summed E-state index contributed by atoms with van der Waals surface area (Å²) in [5.74, 6) is 0.165. The minimum absolute atomic E-state index is 0.161. The van der Waals surface area contributed by atoms with Crippen LogP contribution in [0.25, 0.3) is 0 Å². The van der Waals surface area contributed by atoms with Crippen molar-refractivity contribution in [1.29, 1.82) is 0 Å². The zero-order valence-electron chi connectivity index (χ0n) is 10.8. The van der Waals surface area contributed by atoms with Crippen LogP contribution < -0.4 is 16.2 Å². The molecule has 5 heteroatoms. The summed E-state index contributed by atoms with van der Waals surface area (Å²) in [7, 11) is 0. The van der Waals surface area contributed by atoms with Gasteiger partial charge in [-0.1, -0.05) is 17.7 Å². The smallest absolute Gasteiger partial charge is 0.254 e. The number of carbonyl (C=O) groups is 1. The van der Waals surface area contributed by atoms with Crippen molar-refractivity contribution in [2.75, 3.05) is 5.73 Å². The van der Waals surface area contributed by atoms with Crippen molar-refractivity contribution in [3.63, 3.8) is 0 Å². The van der Waals surface area contributed by atoms with Gasteiger partial charge in [-0.3, -0.25) is 4.79 Å². The van der Waals surface area contributed by atoms with E-state index in [9.17, 15) is 4.79 Å². The maximum absolute atomic E-state index is 11.3. The zero-order valence-corrected chi connectivity index (χ0v) is 10.8. The third-order valence-electron chi connectivity index (χ3n) is 2.67. The molecule has 1 amide bonds. The van der Waals surface area contributed by atoms with Crippen molar-refractivity contribution in [3.05, 3.63) is 47.2 Å². The van der Waals surface area contributed by atoms with E-state index in [1.54, 1.807) is 0 Å². The van der Waals surface area contributed by atoms with Gasteiger partial charge in [0.1, 0.15) is 11.3 Å². The van der Waals surface area contributed by atoms with E-state index in [0.29, 0.717) is 11.4 Å². The van der Waals surface area contributed by atoms with E-state index in [1.807, 2.05) is 32.0 Å². The SMILES string of the molecule is Cc1ccc(Oc2ncc(N)cc2C(N)=O)c(C)c1. The van der Waals surface area contributed by atoms with E-state index in [1.165, 1.54) is 12.3 Å². The molecule has 0 aliphatic rings. The van der Waals surface area contributed by atoms with Crippen molar-refractivity contribution < 1.29 is 9.53 Å². The van der Waals surface area contributed by atoms with Crippen LogP contribution in [0.5, 0.6) is 11.6 Å². The van der Waals surface area contributed by atoms with Crippen molar-refractivity contribution in [3.8, 4) is 11.6 Å². The lowest BCUT2D eigenvalue weighted by atomic mass is 10.1. The van der Waals surface area contributed by atoms with E-state index in [2.05, 4.69) is 4.98 Å². The van der Waals surface area contributed by atoms with Crippen LogP contribution in [0.1, 0.15) is 21.5 Å². The van der Waals surface area contributed by atoms with Gasteiger partial charge in [-0.2, -0.15) is 0 Å².